The molecule has 6 nitrogen and oxygen atoms in total. The molecule has 11 unspecified atom stereocenters. The highest BCUT2D eigenvalue weighted by atomic mass is 16.7. The Kier molecular flexibility index (Phi) is 5.77. The molecular formula is C32H52O6. The lowest BCUT2D eigenvalue weighted by atomic mass is 9.36. The van der Waals surface area contributed by atoms with E-state index in [9.17, 15) is 15.0 Å². The van der Waals surface area contributed by atoms with Crippen LogP contribution < -0.4 is 0 Å². The second kappa shape index (κ2) is 7.98. The van der Waals surface area contributed by atoms with Crippen molar-refractivity contribution in [3.63, 3.8) is 0 Å². The first kappa shape index (κ1) is 27.5. The van der Waals surface area contributed by atoms with Gasteiger partial charge in [-0.2, -0.15) is 0 Å². The number of hydrogen-bond donors (Lipinski definition) is 2. The zero-order valence-electron chi connectivity index (χ0n) is 25.1. The van der Waals surface area contributed by atoms with Crippen molar-refractivity contribution in [2.24, 2.45) is 39.4 Å². The molecule has 4 aliphatic carbocycles. The summed E-state index contributed by atoms with van der Waals surface area (Å²) in [5, 5.41) is 21.9. The Morgan fingerprint density at radius 3 is 2.45 bits per heavy atom. The summed E-state index contributed by atoms with van der Waals surface area (Å²) >= 11 is 0. The van der Waals surface area contributed by atoms with E-state index >= 15 is 0 Å². The molecule has 0 amide bonds. The molecule has 6 aliphatic rings. The fourth-order valence-corrected chi connectivity index (χ4v) is 11.7. The number of ether oxygens (including phenoxy) is 3. The molecule has 11 atom stereocenters. The van der Waals surface area contributed by atoms with Crippen LogP contribution in [0.4, 0.5) is 0 Å². The number of aliphatic hydroxyl groups excluding tert-OH is 2. The summed E-state index contributed by atoms with van der Waals surface area (Å²) in [7, 11) is 0. The first-order valence-corrected chi connectivity index (χ1v) is 15.5. The van der Waals surface area contributed by atoms with Crippen molar-refractivity contribution in [2.75, 3.05) is 6.61 Å². The second-order valence-corrected chi connectivity index (χ2v) is 15.7. The molecule has 0 aromatic rings. The van der Waals surface area contributed by atoms with E-state index in [4.69, 9.17) is 14.2 Å². The summed E-state index contributed by atoms with van der Waals surface area (Å²) in [5.74, 6) is 1.04. The Morgan fingerprint density at radius 2 is 1.76 bits per heavy atom. The van der Waals surface area contributed by atoms with Crippen LogP contribution in [0.15, 0.2) is 0 Å². The maximum atomic E-state index is 14.3. The van der Waals surface area contributed by atoms with Gasteiger partial charge >= 0.3 is 5.97 Å². The molecule has 2 aliphatic heterocycles. The largest absolute Gasteiger partial charge is 0.455 e. The Balaban J connectivity index is 1.31. The summed E-state index contributed by atoms with van der Waals surface area (Å²) < 4.78 is 19.5. The van der Waals surface area contributed by atoms with Gasteiger partial charge in [0, 0.05) is 12.0 Å². The fourth-order valence-electron chi connectivity index (χ4n) is 11.7. The topological polar surface area (TPSA) is 88.5 Å². The molecule has 216 valence electrons. The third-order valence-electron chi connectivity index (χ3n) is 13.9. The van der Waals surface area contributed by atoms with Crippen LogP contribution in [0.3, 0.4) is 0 Å². The van der Waals surface area contributed by atoms with Crippen molar-refractivity contribution >= 4 is 5.97 Å². The Bertz CT molecular complexity index is 1010. The van der Waals surface area contributed by atoms with Crippen molar-refractivity contribution < 1.29 is 29.2 Å². The highest BCUT2D eigenvalue weighted by Gasteiger charge is 2.97. The van der Waals surface area contributed by atoms with Gasteiger partial charge in [0.05, 0.1) is 23.9 Å². The van der Waals surface area contributed by atoms with Gasteiger partial charge in [0.2, 0.25) is 0 Å². The lowest BCUT2D eigenvalue weighted by molar-refractivity contribution is -0.232. The average Bonchev–Trinajstić information content (AvgIpc) is 3.44. The molecule has 2 bridgehead atoms. The Morgan fingerprint density at radius 1 is 1.05 bits per heavy atom. The normalized spacial score (nSPS) is 51.8. The van der Waals surface area contributed by atoms with Crippen LogP contribution >= 0.6 is 0 Å². The van der Waals surface area contributed by atoms with Gasteiger partial charge in [-0.15, -0.1) is 0 Å². The number of epoxide rings is 1. The number of aliphatic hydroxyl groups is 2. The molecule has 2 heterocycles. The van der Waals surface area contributed by atoms with E-state index in [1.165, 1.54) is 0 Å². The molecule has 2 saturated heterocycles. The maximum Gasteiger partial charge on any atom is 0.316 e. The van der Waals surface area contributed by atoms with Crippen LogP contribution in [-0.4, -0.2) is 57.9 Å². The first-order chi connectivity index (χ1) is 17.6. The molecule has 0 aromatic carbocycles. The minimum Gasteiger partial charge on any atom is -0.455 e. The third kappa shape index (κ3) is 2.82. The third-order valence-corrected chi connectivity index (χ3v) is 13.9. The monoisotopic (exact) mass is 532 g/mol. The molecule has 6 fully saturated rings. The van der Waals surface area contributed by atoms with E-state index < -0.39 is 28.3 Å². The van der Waals surface area contributed by atoms with Crippen LogP contribution in [0.1, 0.15) is 113 Å². The van der Waals surface area contributed by atoms with E-state index in [2.05, 4.69) is 34.6 Å². The van der Waals surface area contributed by atoms with Gasteiger partial charge in [-0.05, 0) is 107 Å². The van der Waals surface area contributed by atoms with Gasteiger partial charge in [0.15, 0.2) is 11.2 Å². The molecule has 38 heavy (non-hydrogen) atoms. The van der Waals surface area contributed by atoms with Crippen LogP contribution in [0, 0.1) is 39.4 Å². The molecule has 6 rings (SSSR count). The molecular weight excluding hydrogens is 480 g/mol. The van der Waals surface area contributed by atoms with Gasteiger partial charge in [0.1, 0.15) is 5.41 Å². The van der Waals surface area contributed by atoms with Crippen LogP contribution in [0.5, 0.6) is 0 Å². The van der Waals surface area contributed by atoms with E-state index in [0.717, 1.165) is 51.4 Å². The van der Waals surface area contributed by atoms with Crippen molar-refractivity contribution in [1.29, 1.82) is 0 Å². The smallest absolute Gasteiger partial charge is 0.316 e. The van der Waals surface area contributed by atoms with Gasteiger partial charge < -0.3 is 24.4 Å². The summed E-state index contributed by atoms with van der Waals surface area (Å²) in [5.41, 5.74) is -2.84. The fraction of sp³-hybridized carbons (Fsp3) is 0.969. The van der Waals surface area contributed by atoms with Crippen molar-refractivity contribution in [2.45, 2.75) is 148 Å². The number of carbonyl (C=O) groups is 1. The minimum atomic E-state index is -0.586. The summed E-state index contributed by atoms with van der Waals surface area (Å²) in [6.07, 6.45) is 7.04. The number of carbonyl (C=O) groups excluding carboxylic acids is 1. The number of hydrogen-bond acceptors (Lipinski definition) is 6. The van der Waals surface area contributed by atoms with Crippen molar-refractivity contribution in [3.8, 4) is 0 Å². The standard InChI is InChI=1S/C32H52O6/c1-9-36-27(5,6)23(34)11-10-19(2)20-12-15-30-25(35)38-31(17-16-28(20,30)7)29(8)14-13-22(33)26(3,4)21(29)18-24-32(30,31)37-24/h19-24,33-34H,9-18H2,1-8H3. The average molecular weight is 533 g/mol. The van der Waals surface area contributed by atoms with E-state index in [0.29, 0.717) is 24.9 Å². The van der Waals surface area contributed by atoms with Crippen LogP contribution in [0.2, 0.25) is 0 Å². The van der Waals surface area contributed by atoms with Crippen LogP contribution in [0.25, 0.3) is 0 Å². The number of rotatable bonds is 7. The molecule has 4 saturated carbocycles. The Labute approximate surface area is 229 Å². The highest BCUT2D eigenvalue weighted by Crippen LogP contribution is 2.86. The Hall–Kier alpha value is -0.690. The summed E-state index contributed by atoms with van der Waals surface area (Å²) in [4.78, 5) is 14.3. The lowest BCUT2D eigenvalue weighted by Gasteiger charge is -2.65. The van der Waals surface area contributed by atoms with Gasteiger partial charge in [-0.1, -0.05) is 34.6 Å². The maximum absolute atomic E-state index is 14.3. The van der Waals surface area contributed by atoms with E-state index in [1.807, 2.05) is 20.8 Å². The number of fused-ring (bicyclic) bond motifs is 1. The van der Waals surface area contributed by atoms with Crippen LogP contribution in [-0.2, 0) is 19.0 Å². The molecule has 0 aromatic heterocycles. The zero-order chi connectivity index (χ0) is 27.7. The van der Waals surface area contributed by atoms with E-state index in [1.54, 1.807) is 0 Å². The van der Waals surface area contributed by atoms with E-state index in [-0.39, 0.29) is 40.3 Å². The highest BCUT2D eigenvalue weighted by molar-refractivity contribution is 5.87. The number of esters is 1. The molecule has 2 spiro atoms. The molecule has 0 radical (unpaired) electrons. The van der Waals surface area contributed by atoms with Gasteiger partial charge in [-0.25, -0.2) is 0 Å². The molecule has 6 heteroatoms. The zero-order valence-corrected chi connectivity index (χ0v) is 25.1. The predicted octanol–water partition coefficient (Wildman–Crippen LogP) is 5.42. The SMILES string of the molecule is CCOC(C)(C)C(O)CCC(C)C1CCC23C(=O)OC4(CCC12C)C1(C)CCC(O)C(C)(C)C1CC1OC143. The van der Waals surface area contributed by atoms with Gasteiger partial charge in [-0.3, -0.25) is 4.79 Å². The minimum absolute atomic E-state index is 0.00184. The predicted molar refractivity (Wildman–Crippen MR) is 144 cm³/mol. The second-order valence-electron chi connectivity index (χ2n) is 15.7. The molecule has 2 N–H and O–H groups in total. The van der Waals surface area contributed by atoms with Crippen molar-refractivity contribution in [1.82, 2.24) is 0 Å². The first-order valence-electron chi connectivity index (χ1n) is 15.5. The van der Waals surface area contributed by atoms with Crippen molar-refractivity contribution in [3.05, 3.63) is 0 Å². The lowest BCUT2D eigenvalue weighted by Crippen LogP contribution is -2.73. The van der Waals surface area contributed by atoms with Gasteiger partial charge in [0.25, 0.3) is 0 Å². The summed E-state index contributed by atoms with van der Waals surface area (Å²) in [6.45, 7) is 18.0. The quantitative estimate of drug-likeness (QED) is 0.336. The summed E-state index contributed by atoms with van der Waals surface area (Å²) in [6, 6.07) is 0.